The third-order valence-corrected chi connectivity index (χ3v) is 6.58. The fraction of sp³-hybridized carbons (Fsp3) is 0.357. The largest absolute Gasteiger partial charge is 0.371 e. The summed E-state index contributed by atoms with van der Waals surface area (Å²) in [7, 11) is -3.91. The van der Waals surface area contributed by atoms with Gasteiger partial charge in [-0.2, -0.15) is 4.31 Å². The average Bonchev–Trinajstić information content (AvgIpc) is 3.04. The first-order valence-electron chi connectivity index (χ1n) is 7.35. The number of rotatable bonds is 4. The van der Waals surface area contributed by atoms with Crippen LogP contribution in [0.5, 0.6) is 0 Å². The van der Waals surface area contributed by atoms with Crippen molar-refractivity contribution in [3.05, 3.63) is 35.6 Å². The summed E-state index contributed by atoms with van der Waals surface area (Å²) in [6.07, 6.45) is -0.701. The number of hydrogen-bond acceptors (Lipinski definition) is 7. The number of hydrogen-bond donors (Lipinski definition) is 1. The number of benzene rings is 1. The predicted molar refractivity (Wildman–Crippen MR) is 88.1 cm³/mol. The van der Waals surface area contributed by atoms with Gasteiger partial charge < -0.3 is 10.1 Å². The molecule has 0 saturated carbocycles. The second kappa shape index (κ2) is 7.12. The zero-order chi connectivity index (χ0) is 18.0. The molecule has 0 bridgehead atoms. The number of nitrogens with one attached hydrogen (secondary N) is 1. The molecule has 1 unspecified atom stereocenters. The number of morpholine rings is 1. The number of anilines is 1. The average molecular weight is 386 g/mol. The maximum atomic E-state index is 13.9. The maximum absolute atomic E-state index is 13.9. The standard InChI is InChI=1S/C14H15FN4O4S2/c1-9(20)16-13-17-18-14(24-13)25(21,22)19-6-7-23-12(8-19)10-4-2-3-5-11(10)15/h2-5,12H,6-8H2,1H3,(H,16,17,20). The van der Waals surface area contributed by atoms with E-state index in [0.717, 1.165) is 11.3 Å². The van der Waals surface area contributed by atoms with E-state index in [9.17, 15) is 17.6 Å². The van der Waals surface area contributed by atoms with Crippen molar-refractivity contribution in [1.29, 1.82) is 0 Å². The fourth-order valence-electron chi connectivity index (χ4n) is 2.39. The molecule has 1 atom stereocenters. The summed E-state index contributed by atoms with van der Waals surface area (Å²) in [5.41, 5.74) is 0.304. The number of amides is 1. The molecule has 1 amide bonds. The lowest BCUT2D eigenvalue weighted by Crippen LogP contribution is -2.42. The van der Waals surface area contributed by atoms with Crippen LogP contribution in [0.1, 0.15) is 18.6 Å². The van der Waals surface area contributed by atoms with E-state index in [2.05, 4.69) is 15.5 Å². The quantitative estimate of drug-likeness (QED) is 0.797. The molecule has 1 aliphatic rings. The minimum Gasteiger partial charge on any atom is -0.371 e. The van der Waals surface area contributed by atoms with Gasteiger partial charge in [0.05, 0.1) is 12.7 Å². The SMILES string of the molecule is CC(=O)Nc1nnc(S(=O)(=O)N2CCOC(c3ccccc3F)C2)s1. The molecule has 8 nitrogen and oxygen atoms in total. The number of halogens is 1. The maximum Gasteiger partial charge on any atom is 0.272 e. The van der Waals surface area contributed by atoms with Crippen molar-refractivity contribution in [2.24, 2.45) is 0 Å². The van der Waals surface area contributed by atoms with Crippen LogP contribution in [0.4, 0.5) is 9.52 Å². The zero-order valence-electron chi connectivity index (χ0n) is 13.2. The normalized spacial score (nSPS) is 18.9. The highest BCUT2D eigenvalue weighted by Gasteiger charge is 2.34. The van der Waals surface area contributed by atoms with Crippen LogP contribution in [0.3, 0.4) is 0 Å². The van der Waals surface area contributed by atoms with Crippen molar-refractivity contribution in [2.45, 2.75) is 17.4 Å². The summed E-state index contributed by atoms with van der Waals surface area (Å²) < 4.78 is 45.9. The van der Waals surface area contributed by atoms with Crippen LogP contribution in [0.2, 0.25) is 0 Å². The van der Waals surface area contributed by atoms with Gasteiger partial charge in [-0.25, -0.2) is 12.8 Å². The van der Waals surface area contributed by atoms with Crippen molar-refractivity contribution < 1.29 is 22.3 Å². The zero-order valence-corrected chi connectivity index (χ0v) is 14.8. The van der Waals surface area contributed by atoms with Gasteiger partial charge in [0.15, 0.2) is 0 Å². The molecule has 1 aromatic heterocycles. The summed E-state index contributed by atoms with van der Waals surface area (Å²) in [5.74, 6) is -0.818. The summed E-state index contributed by atoms with van der Waals surface area (Å²) in [6, 6.07) is 6.09. The van der Waals surface area contributed by atoms with E-state index in [1.807, 2.05) is 0 Å². The molecule has 1 saturated heterocycles. The van der Waals surface area contributed by atoms with Crippen molar-refractivity contribution in [2.75, 3.05) is 25.0 Å². The van der Waals surface area contributed by atoms with Gasteiger partial charge in [-0.05, 0) is 6.07 Å². The lowest BCUT2D eigenvalue weighted by Gasteiger charge is -2.31. The molecular weight excluding hydrogens is 371 g/mol. The summed E-state index contributed by atoms with van der Waals surface area (Å²) in [5, 5.41) is 9.78. The molecule has 0 spiro atoms. The van der Waals surface area contributed by atoms with E-state index in [4.69, 9.17) is 4.74 Å². The lowest BCUT2D eigenvalue weighted by atomic mass is 10.1. The lowest BCUT2D eigenvalue weighted by molar-refractivity contribution is -0.114. The predicted octanol–water partition coefficient (Wildman–Crippen LogP) is 1.40. The Morgan fingerprint density at radius 3 is 2.88 bits per heavy atom. The minimum atomic E-state index is -3.91. The Bertz CT molecular complexity index is 886. The van der Waals surface area contributed by atoms with Crippen molar-refractivity contribution in [1.82, 2.24) is 14.5 Å². The van der Waals surface area contributed by atoms with E-state index in [-0.39, 0.29) is 35.1 Å². The number of sulfonamides is 1. The molecule has 2 heterocycles. The van der Waals surface area contributed by atoms with Gasteiger partial charge in [0, 0.05) is 25.6 Å². The highest BCUT2D eigenvalue weighted by molar-refractivity contribution is 7.91. The van der Waals surface area contributed by atoms with Crippen LogP contribution in [-0.4, -0.2) is 48.5 Å². The monoisotopic (exact) mass is 386 g/mol. The van der Waals surface area contributed by atoms with Crippen LogP contribution in [-0.2, 0) is 19.6 Å². The Morgan fingerprint density at radius 1 is 1.40 bits per heavy atom. The summed E-state index contributed by atoms with van der Waals surface area (Å²) in [6.45, 7) is 1.52. The summed E-state index contributed by atoms with van der Waals surface area (Å²) in [4.78, 5) is 11.0. The number of carbonyl (C=O) groups is 1. The fourth-order valence-corrected chi connectivity index (χ4v) is 4.90. The number of nitrogens with zero attached hydrogens (tertiary/aromatic N) is 3. The van der Waals surface area contributed by atoms with Crippen LogP contribution in [0, 0.1) is 5.82 Å². The smallest absolute Gasteiger partial charge is 0.272 e. The second-order valence-electron chi connectivity index (χ2n) is 5.30. The van der Waals surface area contributed by atoms with Gasteiger partial charge >= 0.3 is 0 Å². The van der Waals surface area contributed by atoms with E-state index in [1.165, 1.54) is 17.3 Å². The van der Waals surface area contributed by atoms with Crippen LogP contribution >= 0.6 is 11.3 Å². The van der Waals surface area contributed by atoms with Crippen molar-refractivity contribution in [3.63, 3.8) is 0 Å². The molecule has 11 heteroatoms. The van der Waals surface area contributed by atoms with Crippen molar-refractivity contribution >= 4 is 32.4 Å². The third kappa shape index (κ3) is 3.84. The van der Waals surface area contributed by atoms with Gasteiger partial charge in [0.1, 0.15) is 5.82 Å². The first kappa shape index (κ1) is 17.9. The molecule has 25 heavy (non-hydrogen) atoms. The number of ether oxygens (including phenoxy) is 1. The first-order valence-corrected chi connectivity index (χ1v) is 9.61. The molecule has 0 aliphatic carbocycles. The molecule has 1 aromatic carbocycles. The molecule has 1 fully saturated rings. The Morgan fingerprint density at radius 2 is 2.16 bits per heavy atom. The Hall–Kier alpha value is -1.95. The van der Waals surface area contributed by atoms with Crippen LogP contribution < -0.4 is 5.32 Å². The Kier molecular flexibility index (Phi) is 5.08. The molecular formula is C14H15FN4O4S2. The minimum absolute atomic E-state index is 0.0294. The van der Waals surface area contributed by atoms with E-state index in [1.54, 1.807) is 18.2 Å². The molecule has 1 N–H and O–H groups in total. The molecule has 134 valence electrons. The summed E-state index contributed by atoms with van der Waals surface area (Å²) >= 11 is 0.763. The van der Waals surface area contributed by atoms with Gasteiger partial charge in [-0.3, -0.25) is 4.79 Å². The first-order chi connectivity index (χ1) is 11.9. The molecule has 3 rings (SSSR count). The van der Waals surface area contributed by atoms with Gasteiger partial charge in [-0.15, -0.1) is 10.2 Å². The molecule has 0 radical (unpaired) electrons. The highest BCUT2D eigenvalue weighted by atomic mass is 32.2. The van der Waals surface area contributed by atoms with E-state index < -0.39 is 21.9 Å². The number of carbonyl (C=O) groups excluding carboxylic acids is 1. The van der Waals surface area contributed by atoms with Crippen LogP contribution in [0.15, 0.2) is 28.6 Å². The Labute approximate surface area is 147 Å². The van der Waals surface area contributed by atoms with Gasteiger partial charge in [0.2, 0.25) is 15.4 Å². The van der Waals surface area contributed by atoms with Gasteiger partial charge in [-0.1, -0.05) is 29.5 Å². The topological polar surface area (TPSA) is 101 Å². The molecule has 2 aromatic rings. The Balaban J connectivity index is 1.81. The van der Waals surface area contributed by atoms with Gasteiger partial charge in [0.25, 0.3) is 10.0 Å². The second-order valence-corrected chi connectivity index (χ2v) is 8.39. The third-order valence-electron chi connectivity index (χ3n) is 3.53. The van der Waals surface area contributed by atoms with E-state index in [0.29, 0.717) is 5.56 Å². The molecule has 1 aliphatic heterocycles. The number of aromatic nitrogens is 2. The van der Waals surface area contributed by atoms with Crippen molar-refractivity contribution in [3.8, 4) is 0 Å². The van der Waals surface area contributed by atoms with E-state index >= 15 is 0 Å². The highest BCUT2D eigenvalue weighted by Crippen LogP contribution is 2.29. The van der Waals surface area contributed by atoms with Crippen LogP contribution in [0.25, 0.3) is 0 Å².